The zero-order valence-electron chi connectivity index (χ0n) is 34.6. The molecule has 0 radical (unpaired) electrons. The maximum Gasteiger partial charge on any atom is 0.240 e. The summed E-state index contributed by atoms with van der Waals surface area (Å²) in [7, 11) is 0. The van der Waals surface area contributed by atoms with Crippen molar-refractivity contribution in [1.29, 1.82) is 0 Å². The molecule has 2 aliphatic rings. The lowest BCUT2D eigenvalue weighted by Crippen LogP contribution is -2.54. The quantitative estimate of drug-likeness (QED) is 0.134. The molecule has 5 heterocycles. The van der Waals surface area contributed by atoms with E-state index in [4.69, 9.17) is 20.3 Å². The van der Waals surface area contributed by atoms with Crippen LogP contribution in [0.3, 0.4) is 0 Å². The molecule has 4 N–H and O–H groups in total. The average Bonchev–Trinajstić information content (AvgIpc) is 4.05. The lowest BCUT2D eigenvalue weighted by Gasteiger charge is -2.34. The summed E-state index contributed by atoms with van der Waals surface area (Å²) in [5.41, 5.74) is 9.87. The number of anilines is 1. The largest absolute Gasteiger partial charge is 0.488 e. The number of primary amides is 1. The minimum Gasteiger partial charge on any atom is -0.488 e. The Hall–Kier alpha value is -7.31. The number of carbonyl (C=O) groups is 3. The molecule has 0 bridgehead atoms. The molecule has 2 aliphatic heterocycles. The van der Waals surface area contributed by atoms with Crippen molar-refractivity contribution in [2.45, 2.75) is 44.1 Å². The van der Waals surface area contributed by atoms with Crippen LogP contribution in [-0.2, 0) is 32.2 Å². The van der Waals surface area contributed by atoms with E-state index in [1.807, 2.05) is 83.7 Å². The lowest BCUT2D eigenvalue weighted by molar-refractivity contribution is -0.132. The fourth-order valence-corrected chi connectivity index (χ4v) is 8.34. The molecule has 16 nitrogen and oxygen atoms in total. The van der Waals surface area contributed by atoms with Crippen LogP contribution >= 0.6 is 0 Å². The van der Waals surface area contributed by atoms with Crippen LogP contribution in [0.2, 0.25) is 0 Å². The van der Waals surface area contributed by atoms with Gasteiger partial charge in [-0.2, -0.15) is 10.2 Å². The molecule has 3 unspecified atom stereocenters. The molecule has 3 atom stereocenters. The first-order chi connectivity index (χ1) is 31.2. The Labute approximate surface area is 366 Å². The highest BCUT2D eigenvalue weighted by Crippen LogP contribution is 2.35. The van der Waals surface area contributed by atoms with Crippen LogP contribution in [0, 0.1) is 11.6 Å². The van der Waals surface area contributed by atoms with E-state index in [-0.39, 0.29) is 55.7 Å². The number of hydrogen-bond donors (Lipinski definition) is 3. The molecule has 3 aromatic heterocycles. The number of ether oxygens (including phenoxy) is 2. The van der Waals surface area contributed by atoms with Crippen LogP contribution in [0.25, 0.3) is 38.8 Å². The van der Waals surface area contributed by atoms with Crippen molar-refractivity contribution in [3.05, 3.63) is 127 Å². The standard InChI is InChI=1S/C46H45F2N11O5/c47-31-12-13-39(37(48)21-31)59-45-35(24-54-59)44(52-28-53-45)58-25-33(22-40(58)43(49)61)64-32-9-4-8-30(20-32)34-10-5-11-38-36(34)26-57(55-38)17-16-56-18-19-63-27-41(56)46(62)50-15-14-42(60)51-23-29-6-2-1-3-7-29/h1-13,20-21,24,26,28,33,40-41H,14-19,22-23,25,27H2,(H2,49,61)(H,50,62)(H,51,60). The lowest BCUT2D eigenvalue weighted by atomic mass is 10.0. The summed E-state index contributed by atoms with van der Waals surface area (Å²) in [5.74, 6) is -1.43. The molecule has 3 amide bonds. The number of benzene rings is 4. The van der Waals surface area contributed by atoms with Crippen molar-refractivity contribution < 1.29 is 32.6 Å². The van der Waals surface area contributed by atoms with Crippen molar-refractivity contribution in [1.82, 2.24) is 45.1 Å². The minimum absolute atomic E-state index is 0.0109. The number of nitrogens with zero attached hydrogens (tertiary/aromatic N) is 8. The number of nitrogens with one attached hydrogen (secondary N) is 2. The number of fused-ring (bicyclic) bond motifs is 2. The van der Waals surface area contributed by atoms with E-state index < -0.39 is 35.7 Å². The van der Waals surface area contributed by atoms with E-state index in [0.717, 1.165) is 39.7 Å². The Bertz CT molecular complexity index is 2820. The molecule has 7 aromatic rings. The fourth-order valence-electron chi connectivity index (χ4n) is 8.34. The van der Waals surface area contributed by atoms with E-state index in [9.17, 15) is 23.2 Å². The number of halogens is 2. The third-order valence-corrected chi connectivity index (χ3v) is 11.5. The molecule has 18 heteroatoms. The Morgan fingerprint density at radius 2 is 1.77 bits per heavy atom. The van der Waals surface area contributed by atoms with E-state index >= 15 is 0 Å². The second-order valence-electron chi connectivity index (χ2n) is 15.7. The SMILES string of the molecule is NC(=O)C1CC(Oc2cccc(-c3cccc4nn(CCN5CCOCC5C(=O)NCCC(=O)NCc5ccccc5)cc34)c2)CN1c1ncnc2c1cnn2-c1ccc(F)cc1F. The van der Waals surface area contributed by atoms with E-state index in [1.165, 1.54) is 23.3 Å². The molecule has 0 aliphatic carbocycles. The van der Waals surface area contributed by atoms with Crippen molar-refractivity contribution in [3.8, 4) is 22.6 Å². The topological polar surface area (TPSA) is 188 Å². The molecule has 64 heavy (non-hydrogen) atoms. The Kier molecular flexibility index (Phi) is 12.2. The summed E-state index contributed by atoms with van der Waals surface area (Å²) in [6, 6.07) is 25.2. The maximum atomic E-state index is 14.7. The monoisotopic (exact) mass is 869 g/mol. The van der Waals surface area contributed by atoms with Gasteiger partial charge in [-0.3, -0.25) is 24.0 Å². The van der Waals surface area contributed by atoms with Gasteiger partial charge in [0.25, 0.3) is 0 Å². The first kappa shape index (κ1) is 42.0. The predicted octanol–water partition coefficient (Wildman–Crippen LogP) is 4.15. The number of hydrogen-bond acceptors (Lipinski definition) is 11. The smallest absolute Gasteiger partial charge is 0.240 e. The zero-order chi connectivity index (χ0) is 44.2. The number of morpholine rings is 1. The molecule has 9 rings (SSSR count). The predicted molar refractivity (Wildman–Crippen MR) is 233 cm³/mol. The minimum atomic E-state index is -0.807. The number of amides is 3. The van der Waals surface area contributed by atoms with Gasteiger partial charge in [0.2, 0.25) is 17.7 Å². The number of nitrogens with two attached hydrogens (primary N) is 1. The van der Waals surface area contributed by atoms with Crippen LogP contribution in [0.15, 0.2) is 110 Å². The number of carbonyl (C=O) groups excluding carboxylic acids is 3. The van der Waals surface area contributed by atoms with E-state index in [0.29, 0.717) is 49.7 Å². The van der Waals surface area contributed by atoms with Gasteiger partial charge in [-0.25, -0.2) is 23.4 Å². The maximum absolute atomic E-state index is 14.7. The molecule has 4 aromatic carbocycles. The molecule has 2 saturated heterocycles. The van der Waals surface area contributed by atoms with Gasteiger partial charge in [-0.05, 0) is 47.0 Å². The highest BCUT2D eigenvalue weighted by atomic mass is 19.1. The summed E-state index contributed by atoms with van der Waals surface area (Å²) >= 11 is 0. The average molecular weight is 870 g/mol. The number of aromatic nitrogens is 6. The molecular weight excluding hydrogens is 825 g/mol. The van der Waals surface area contributed by atoms with Gasteiger partial charge in [-0.1, -0.05) is 54.6 Å². The summed E-state index contributed by atoms with van der Waals surface area (Å²) in [6.07, 6.45) is 4.79. The van der Waals surface area contributed by atoms with Gasteiger partial charge in [0, 0.05) is 56.7 Å². The summed E-state index contributed by atoms with van der Waals surface area (Å²) in [5, 5.41) is 16.4. The van der Waals surface area contributed by atoms with Crippen molar-refractivity contribution in [2.24, 2.45) is 5.73 Å². The fraction of sp³-hybridized carbons (Fsp3) is 0.283. The summed E-state index contributed by atoms with van der Waals surface area (Å²) < 4.78 is 43.7. The third-order valence-electron chi connectivity index (χ3n) is 11.5. The zero-order valence-corrected chi connectivity index (χ0v) is 34.6. The normalized spacial score (nSPS) is 17.8. The second-order valence-corrected chi connectivity index (χ2v) is 15.7. The van der Waals surface area contributed by atoms with E-state index in [1.54, 1.807) is 4.90 Å². The second kappa shape index (κ2) is 18.6. The Balaban J connectivity index is 0.844. The summed E-state index contributed by atoms with van der Waals surface area (Å²) in [6.45, 7) is 3.37. The van der Waals surface area contributed by atoms with Gasteiger partial charge < -0.3 is 30.7 Å². The third kappa shape index (κ3) is 9.09. The van der Waals surface area contributed by atoms with Gasteiger partial charge in [0.05, 0.1) is 43.4 Å². The number of rotatable bonds is 15. The molecule has 0 saturated carbocycles. The Morgan fingerprint density at radius 1 is 0.906 bits per heavy atom. The van der Waals surface area contributed by atoms with Gasteiger partial charge >= 0.3 is 0 Å². The highest BCUT2D eigenvalue weighted by Gasteiger charge is 2.39. The van der Waals surface area contributed by atoms with Crippen molar-refractivity contribution in [2.75, 3.05) is 44.3 Å². The molecule has 0 spiro atoms. The van der Waals surface area contributed by atoms with Crippen LogP contribution in [0.5, 0.6) is 5.75 Å². The van der Waals surface area contributed by atoms with Crippen molar-refractivity contribution >= 4 is 45.5 Å². The molecule has 2 fully saturated rings. The van der Waals surface area contributed by atoms with Crippen molar-refractivity contribution in [3.63, 3.8) is 0 Å². The first-order valence-corrected chi connectivity index (χ1v) is 21.0. The Morgan fingerprint density at radius 3 is 2.61 bits per heavy atom. The van der Waals surface area contributed by atoms with Crippen LogP contribution in [0.4, 0.5) is 14.6 Å². The first-order valence-electron chi connectivity index (χ1n) is 21.0. The van der Waals surface area contributed by atoms with Crippen LogP contribution in [-0.4, -0.2) is 110 Å². The highest BCUT2D eigenvalue weighted by molar-refractivity contribution is 5.95. The van der Waals surface area contributed by atoms with E-state index in [2.05, 4.69) is 30.6 Å². The molecule has 328 valence electrons. The molecular formula is C46H45F2N11O5. The van der Waals surface area contributed by atoms with Gasteiger partial charge in [-0.15, -0.1) is 0 Å². The van der Waals surface area contributed by atoms with Gasteiger partial charge in [0.15, 0.2) is 11.5 Å². The summed E-state index contributed by atoms with van der Waals surface area (Å²) in [4.78, 5) is 51.1. The van der Waals surface area contributed by atoms with Crippen LogP contribution in [0.1, 0.15) is 18.4 Å². The van der Waals surface area contributed by atoms with Crippen LogP contribution < -0.4 is 26.0 Å². The van der Waals surface area contributed by atoms with Gasteiger partial charge in [0.1, 0.15) is 47.6 Å².